The van der Waals surface area contributed by atoms with Crippen molar-refractivity contribution in [2.24, 2.45) is 23.2 Å². The second-order valence-electron chi connectivity index (χ2n) is 7.10. The molecule has 2 fully saturated rings. The Bertz CT molecular complexity index is 344. The third kappa shape index (κ3) is 2.55. The quantitative estimate of drug-likeness (QED) is 0.658. The van der Waals surface area contributed by atoms with E-state index < -0.39 is 0 Å². The summed E-state index contributed by atoms with van der Waals surface area (Å²) in [6, 6.07) is 0. The highest BCUT2D eigenvalue weighted by Gasteiger charge is 2.48. The topological polar surface area (TPSA) is 17.1 Å². The van der Waals surface area contributed by atoms with Crippen LogP contribution in [-0.4, -0.2) is 5.78 Å². The van der Waals surface area contributed by atoms with E-state index >= 15 is 0 Å². The molecule has 4 atom stereocenters. The zero-order chi connectivity index (χ0) is 13.3. The Balaban J connectivity index is 2.13. The summed E-state index contributed by atoms with van der Waals surface area (Å²) in [7, 11) is 0. The van der Waals surface area contributed by atoms with Crippen molar-refractivity contribution in [3.8, 4) is 0 Å². The highest BCUT2D eigenvalue weighted by molar-refractivity contribution is 5.79. The van der Waals surface area contributed by atoms with E-state index in [0.717, 1.165) is 37.5 Å². The minimum Gasteiger partial charge on any atom is -0.300 e. The lowest BCUT2D eigenvalue weighted by molar-refractivity contribution is -0.130. The second-order valence-corrected chi connectivity index (χ2v) is 7.10. The van der Waals surface area contributed by atoms with E-state index in [4.69, 9.17) is 0 Å². The number of carbonyl (C=O) groups is 1. The molecule has 2 saturated carbocycles. The van der Waals surface area contributed by atoms with Crippen LogP contribution in [-0.2, 0) is 4.79 Å². The summed E-state index contributed by atoms with van der Waals surface area (Å²) in [4.78, 5) is 11.7. The average molecular weight is 248 g/mol. The fourth-order valence-corrected chi connectivity index (χ4v) is 4.47. The third-order valence-electron chi connectivity index (χ3n) is 5.74. The standard InChI is InChI=1S/C17H28O/c1-12(2)5-8-16-13(3)6-7-14-11-15(18)9-10-17(14,16)4/h13-14,16H,1,5-11H2,2-4H3/t13-,14+,16+,17+/m0/s1. The van der Waals surface area contributed by atoms with Crippen LogP contribution in [0.1, 0.15) is 65.7 Å². The van der Waals surface area contributed by atoms with Crippen molar-refractivity contribution in [3.05, 3.63) is 12.2 Å². The number of carbonyl (C=O) groups excluding carboxylic acids is 1. The van der Waals surface area contributed by atoms with E-state index in [1.54, 1.807) is 0 Å². The molecule has 0 saturated heterocycles. The monoisotopic (exact) mass is 248 g/mol. The molecule has 0 aromatic heterocycles. The van der Waals surface area contributed by atoms with Gasteiger partial charge >= 0.3 is 0 Å². The van der Waals surface area contributed by atoms with E-state index in [1.165, 1.54) is 24.8 Å². The Hall–Kier alpha value is -0.590. The molecule has 0 aliphatic heterocycles. The SMILES string of the molecule is C=C(C)CC[C@@H]1[C@@H](C)CC[C@@H]2CC(=O)CC[C@]21C. The van der Waals surface area contributed by atoms with Crippen LogP contribution in [0.25, 0.3) is 0 Å². The van der Waals surface area contributed by atoms with Gasteiger partial charge < -0.3 is 0 Å². The summed E-state index contributed by atoms with van der Waals surface area (Å²) in [5.41, 5.74) is 1.72. The lowest BCUT2D eigenvalue weighted by atomic mass is 9.52. The van der Waals surface area contributed by atoms with Gasteiger partial charge in [0.25, 0.3) is 0 Å². The van der Waals surface area contributed by atoms with Crippen LogP contribution in [0.15, 0.2) is 12.2 Å². The van der Waals surface area contributed by atoms with Gasteiger partial charge in [0.1, 0.15) is 5.78 Å². The molecule has 0 aromatic rings. The minimum atomic E-state index is 0.418. The lowest BCUT2D eigenvalue weighted by Crippen LogP contribution is -2.46. The van der Waals surface area contributed by atoms with Crippen molar-refractivity contribution in [1.82, 2.24) is 0 Å². The maximum Gasteiger partial charge on any atom is 0.133 e. The molecule has 0 heterocycles. The number of Topliss-reactive ketones (excluding diaryl/α,β-unsaturated/α-hetero) is 1. The van der Waals surface area contributed by atoms with Gasteiger partial charge in [0, 0.05) is 12.8 Å². The Morgan fingerprint density at radius 1 is 1.44 bits per heavy atom. The summed E-state index contributed by atoms with van der Waals surface area (Å²) in [5.74, 6) is 2.77. The Morgan fingerprint density at radius 2 is 2.17 bits per heavy atom. The zero-order valence-electron chi connectivity index (χ0n) is 12.3. The molecule has 102 valence electrons. The van der Waals surface area contributed by atoms with Crippen molar-refractivity contribution in [3.63, 3.8) is 0 Å². The number of hydrogen-bond acceptors (Lipinski definition) is 1. The van der Waals surface area contributed by atoms with E-state index in [2.05, 4.69) is 27.4 Å². The normalized spacial score (nSPS) is 40.4. The Morgan fingerprint density at radius 3 is 2.83 bits per heavy atom. The van der Waals surface area contributed by atoms with Gasteiger partial charge in [-0.1, -0.05) is 25.8 Å². The van der Waals surface area contributed by atoms with Crippen molar-refractivity contribution >= 4 is 5.78 Å². The number of hydrogen-bond donors (Lipinski definition) is 0. The molecule has 0 N–H and O–H groups in total. The maximum absolute atomic E-state index is 11.7. The van der Waals surface area contributed by atoms with E-state index in [1.807, 2.05) is 0 Å². The average Bonchev–Trinajstić information content (AvgIpc) is 2.29. The first kappa shape index (κ1) is 13.8. The first-order valence-corrected chi connectivity index (χ1v) is 7.59. The van der Waals surface area contributed by atoms with Crippen LogP contribution in [0, 0.1) is 23.2 Å². The highest BCUT2D eigenvalue weighted by Crippen LogP contribution is 2.55. The fourth-order valence-electron chi connectivity index (χ4n) is 4.47. The van der Waals surface area contributed by atoms with Crippen molar-refractivity contribution in [1.29, 1.82) is 0 Å². The molecule has 18 heavy (non-hydrogen) atoms. The molecular weight excluding hydrogens is 220 g/mol. The van der Waals surface area contributed by atoms with E-state index in [9.17, 15) is 4.79 Å². The highest BCUT2D eigenvalue weighted by atomic mass is 16.1. The first-order valence-electron chi connectivity index (χ1n) is 7.59. The molecule has 0 aromatic carbocycles. The van der Waals surface area contributed by atoms with Crippen molar-refractivity contribution in [2.75, 3.05) is 0 Å². The lowest BCUT2D eigenvalue weighted by Gasteiger charge is -2.53. The van der Waals surface area contributed by atoms with Gasteiger partial charge in [-0.3, -0.25) is 4.79 Å². The molecular formula is C17H28O. The van der Waals surface area contributed by atoms with Gasteiger partial charge in [-0.2, -0.15) is 0 Å². The van der Waals surface area contributed by atoms with Gasteiger partial charge in [0.2, 0.25) is 0 Å². The van der Waals surface area contributed by atoms with Gasteiger partial charge in [-0.05, 0) is 55.8 Å². The fraction of sp³-hybridized carbons (Fsp3) is 0.824. The maximum atomic E-state index is 11.7. The summed E-state index contributed by atoms with van der Waals surface area (Å²) < 4.78 is 0. The zero-order valence-corrected chi connectivity index (χ0v) is 12.3. The van der Waals surface area contributed by atoms with Crippen LogP contribution >= 0.6 is 0 Å². The second kappa shape index (κ2) is 5.19. The van der Waals surface area contributed by atoms with Crippen LogP contribution in [0.5, 0.6) is 0 Å². The predicted octanol–water partition coefficient (Wildman–Crippen LogP) is 4.76. The smallest absolute Gasteiger partial charge is 0.133 e. The predicted molar refractivity (Wildman–Crippen MR) is 76.4 cm³/mol. The number of ketones is 1. The number of allylic oxidation sites excluding steroid dienone is 1. The molecule has 2 aliphatic rings. The molecule has 0 amide bonds. The van der Waals surface area contributed by atoms with Gasteiger partial charge in [-0.15, -0.1) is 6.58 Å². The van der Waals surface area contributed by atoms with Gasteiger partial charge in [-0.25, -0.2) is 0 Å². The van der Waals surface area contributed by atoms with Crippen LogP contribution < -0.4 is 0 Å². The van der Waals surface area contributed by atoms with Crippen LogP contribution in [0.2, 0.25) is 0 Å². The molecule has 2 rings (SSSR count). The summed E-state index contributed by atoms with van der Waals surface area (Å²) >= 11 is 0. The van der Waals surface area contributed by atoms with Crippen molar-refractivity contribution in [2.45, 2.75) is 65.7 Å². The largest absolute Gasteiger partial charge is 0.300 e. The molecule has 1 heteroatoms. The minimum absolute atomic E-state index is 0.418. The number of rotatable bonds is 3. The van der Waals surface area contributed by atoms with Crippen molar-refractivity contribution < 1.29 is 4.79 Å². The van der Waals surface area contributed by atoms with E-state index in [0.29, 0.717) is 17.1 Å². The molecule has 0 bridgehead atoms. The molecule has 0 unspecified atom stereocenters. The summed E-state index contributed by atoms with van der Waals surface area (Å²) in [6.07, 6.45) is 7.82. The van der Waals surface area contributed by atoms with Gasteiger partial charge in [0.05, 0.1) is 0 Å². The Labute approximate surface area is 112 Å². The van der Waals surface area contributed by atoms with Crippen LogP contribution in [0.4, 0.5) is 0 Å². The molecule has 0 radical (unpaired) electrons. The van der Waals surface area contributed by atoms with Gasteiger partial charge in [0.15, 0.2) is 0 Å². The Kier molecular flexibility index (Phi) is 3.99. The summed E-state index contributed by atoms with van der Waals surface area (Å²) in [6.45, 7) is 11.1. The van der Waals surface area contributed by atoms with Crippen LogP contribution in [0.3, 0.4) is 0 Å². The summed E-state index contributed by atoms with van der Waals surface area (Å²) in [5, 5.41) is 0. The molecule has 0 spiro atoms. The van der Waals surface area contributed by atoms with E-state index in [-0.39, 0.29) is 0 Å². The number of fused-ring (bicyclic) bond motifs is 1. The third-order valence-corrected chi connectivity index (χ3v) is 5.74. The molecule has 1 nitrogen and oxygen atoms in total. The first-order chi connectivity index (χ1) is 8.43. The molecule has 2 aliphatic carbocycles.